The number of carbonyl (C=O) groups is 1. The van der Waals surface area contributed by atoms with Crippen LogP contribution in [0.2, 0.25) is 0 Å². The average Bonchev–Trinajstić information content (AvgIpc) is 2.38. The van der Waals surface area contributed by atoms with Crippen LogP contribution in [0.15, 0.2) is 22.7 Å². The maximum atomic E-state index is 13.9. The van der Waals surface area contributed by atoms with Crippen LogP contribution in [0.25, 0.3) is 0 Å². The molecule has 1 fully saturated rings. The molecule has 0 amide bonds. The first-order valence-electron chi connectivity index (χ1n) is 6.51. The van der Waals surface area contributed by atoms with Crippen molar-refractivity contribution >= 4 is 21.9 Å². The van der Waals surface area contributed by atoms with Crippen LogP contribution < -0.4 is 5.32 Å². The number of benzene rings is 1. The summed E-state index contributed by atoms with van der Waals surface area (Å²) < 4.78 is 14.5. The van der Waals surface area contributed by atoms with Gasteiger partial charge in [-0.1, -0.05) is 41.3 Å². The third kappa shape index (κ3) is 3.76. The third-order valence-electron chi connectivity index (χ3n) is 3.53. The Hall–Kier alpha value is -0.940. The van der Waals surface area contributed by atoms with Gasteiger partial charge in [-0.3, -0.25) is 10.1 Å². The Kier molecular flexibility index (Phi) is 4.93. The van der Waals surface area contributed by atoms with Gasteiger partial charge < -0.3 is 5.11 Å². The van der Waals surface area contributed by atoms with Gasteiger partial charge in [0.1, 0.15) is 11.9 Å². The van der Waals surface area contributed by atoms with E-state index in [0.717, 1.165) is 25.7 Å². The largest absolute Gasteiger partial charge is 0.480 e. The van der Waals surface area contributed by atoms with E-state index in [4.69, 9.17) is 0 Å². The third-order valence-corrected chi connectivity index (χ3v) is 4.02. The Labute approximate surface area is 120 Å². The molecule has 2 rings (SSSR count). The zero-order chi connectivity index (χ0) is 13.8. The van der Waals surface area contributed by atoms with Crippen LogP contribution in [0, 0.1) is 5.82 Å². The fourth-order valence-electron chi connectivity index (χ4n) is 2.53. The summed E-state index contributed by atoms with van der Waals surface area (Å²) in [5.41, 5.74) is 0.196. The monoisotopic (exact) mass is 329 g/mol. The van der Waals surface area contributed by atoms with Gasteiger partial charge in [0.15, 0.2) is 0 Å². The van der Waals surface area contributed by atoms with Gasteiger partial charge in [0.25, 0.3) is 0 Å². The Bertz CT molecular complexity index is 461. The van der Waals surface area contributed by atoms with Crippen LogP contribution in [-0.4, -0.2) is 17.1 Å². The second-order valence-corrected chi connectivity index (χ2v) is 5.85. The number of carboxylic acids is 1. The molecule has 1 saturated carbocycles. The minimum Gasteiger partial charge on any atom is -0.480 e. The SMILES string of the molecule is O=C(O)C(NC1CCCCC1)c1ccc(Br)cc1F. The highest BCUT2D eigenvalue weighted by Crippen LogP contribution is 2.25. The maximum Gasteiger partial charge on any atom is 0.325 e. The molecule has 0 aromatic heterocycles. The molecule has 0 spiro atoms. The lowest BCUT2D eigenvalue weighted by Gasteiger charge is -2.26. The molecule has 104 valence electrons. The molecular weight excluding hydrogens is 313 g/mol. The molecule has 3 nitrogen and oxygen atoms in total. The first-order valence-corrected chi connectivity index (χ1v) is 7.31. The van der Waals surface area contributed by atoms with E-state index < -0.39 is 17.8 Å². The van der Waals surface area contributed by atoms with Crippen molar-refractivity contribution in [3.8, 4) is 0 Å². The topological polar surface area (TPSA) is 49.3 Å². The van der Waals surface area contributed by atoms with E-state index in [1.54, 1.807) is 6.07 Å². The van der Waals surface area contributed by atoms with Gasteiger partial charge in [0.05, 0.1) is 0 Å². The van der Waals surface area contributed by atoms with Crippen molar-refractivity contribution in [2.75, 3.05) is 0 Å². The second-order valence-electron chi connectivity index (χ2n) is 4.94. The molecule has 5 heteroatoms. The molecule has 0 bridgehead atoms. The Morgan fingerprint density at radius 1 is 1.37 bits per heavy atom. The average molecular weight is 330 g/mol. The standard InChI is InChI=1S/C14H17BrFNO2/c15-9-6-7-11(12(16)8-9)13(14(18)19)17-10-4-2-1-3-5-10/h6-8,10,13,17H,1-5H2,(H,18,19). The summed E-state index contributed by atoms with van der Waals surface area (Å²) in [6.45, 7) is 0. The highest BCUT2D eigenvalue weighted by Gasteiger charge is 2.26. The summed E-state index contributed by atoms with van der Waals surface area (Å²) in [7, 11) is 0. The molecule has 2 N–H and O–H groups in total. The zero-order valence-electron chi connectivity index (χ0n) is 10.5. The smallest absolute Gasteiger partial charge is 0.325 e. The van der Waals surface area contributed by atoms with Crippen molar-refractivity contribution in [2.45, 2.75) is 44.2 Å². The lowest BCUT2D eigenvalue weighted by atomic mass is 9.94. The Morgan fingerprint density at radius 3 is 2.63 bits per heavy atom. The minimum absolute atomic E-state index is 0.165. The van der Waals surface area contributed by atoms with E-state index in [9.17, 15) is 14.3 Å². The molecule has 0 heterocycles. The molecule has 1 aromatic carbocycles. The molecule has 1 atom stereocenters. The van der Waals surface area contributed by atoms with Crippen molar-refractivity contribution in [3.63, 3.8) is 0 Å². The molecule has 0 saturated heterocycles. The predicted octanol–water partition coefficient (Wildman–Crippen LogP) is 3.64. The van der Waals surface area contributed by atoms with Gasteiger partial charge in [0.2, 0.25) is 0 Å². The molecule has 19 heavy (non-hydrogen) atoms. The van der Waals surface area contributed by atoms with Crippen molar-refractivity contribution in [2.24, 2.45) is 0 Å². The van der Waals surface area contributed by atoms with Gasteiger partial charge in [-0.15, -0.1) is 0 Å². The molecule has 0 aliphatic heterocycles. The van der Waals surface area contributed by atoms with Crippen molar-refractivity contribution in [1.82, 2.24) is 5.32 Å². The molecule has 0 radical (unpaired) electrons. The van der Waals surface area contributed by atoms with E-state index in [0.29, 0.717) is 4.47 Å². The summed E-state index contributed by atoms with van der Waals surface area (Å²) in [6, 6.07) is 3.67. The van der Waals surface area contributed by atoms with Gasteiger partial charge in [-0.05, 0) is 25.0 Å². The Morgan fingerprint density at radius 2 is 2.05 bits per heavy atom. The summed E-state index contributed by atoms with van der Waals surface area (Å²) in [5.74, 6) is -1.53. The van der Waals surface area contributed by atoms with E-state index in [1.807, 2.05) is 0 Å². The lowest BCUT2D eigenvalue weighted by Crippen LogP contribution is -2.38. The van der Waals surface area contributed by atoms with Gasteiger partial charge in [-0.2, -0.15) is 0 Å². The highest BCUT2D eigenvalue weighted by molar-refractivity contribution is 9.10. The van der Waals surface area contributed by atoms with Crippen LogP contribution >= 0.6 is 15.9 Å². The number of rotatable bonds is 4. The van der Waals surface area contributed by atoms with Gasteiger partial charge >= 0.3 is 5.97 Å². The summed E-state index contributed by atoms with van der Waals surface area (Å²) in [4.78, 5) is 11.4. The van der Waals surface area contributed by atoms with Crippen LogP contribution in [0.5, 0.6) is 0 Å². The first-order chi connectivity index (χ1) is 9.08. The number of aliphatic carboxylic acids is 1. The maximum absolute atomic E-state index is 13.9. The van der Waals surface area contributed by atoms with Crippen molar-refractivity contribution < 1.29 is 14.3 Å². The molecular formula is C14H17BrFNO2. The molecule has 1 aliphatic rings. The number of hydrogen-bond acceptors (Lipinski definition) is 2. The number of nitrogens with one attached hydrogen (secondary N) is 1. The van der Waals surface area contributed by atoms with Gasteiger partial charge in [-0.25, -0.2) is 4.39 Å². The van der Waals surface area contributed by atoms with E-state index >= 15 is 0 Å². The van der Waals surface area contributed by atoms with Crippen LogP contribution in [0.4, 0.5) is 4.39 Å². The van der Waals surface area contributed by atoms with E-state index in [-0.39, 0.29) is 11.6 Å². The lowest BCUT2D eigenvalue weighted by molar-refractivity contribution is -0.140. The summed E-state index contributed by atoms with van der Waals surface area (Å²) in [5, 5.41) is 12.4. The molecule has 1 unspecified atom stereocenters. The zero-order valence-corrected chi connectivity index (χ0v) is 12.1. The number of halogens is 2. The second kappa shape index (κ2) is 6.48. The Balaban J connectivity index is 2.17. The molecule has 1 aliphatic carbocycles. The summed E-state index contributed by atoms with van der Waals surface area (Å²) in [6.07, 6.45) is 5.33. The summed E-state index contributed by atoms with van der Waals surface area (Å²) >= 11 is 3.17. The predicted molar refractivity (Wildman–Crippen MR) is 74.5 cm³/mol. The van der Waals surface area contributed by atoms with E-state index in [1.165, 1.54) is 18.6 Å². The van der Waals surface area contributed by atoms with Crippen molar-refractivity contribution in [1.29, 1.82) is 0 Å². The highest BCUT2D eigenvalue weighted by atomic mass is 79.9. The minimum atomic E-state index is -1.04. The van der Waals surface area contributed by atoms with Crippen LogP contribution in [-0.2, 0) is 4.79 Å². The number of hydrogen-bond donors (Lipinski definition) is 2. The number of carboxylic acid groups (broad SMARTS) is 1. The fraction of sp³-hybridized carbons (Fsp3) is 0.500. The first kappa shape index (κ1) is 14.5. The molecule has 1 aromatic rings. The quantitative estimate of drug-likeness (QED) is 0.886. The van der Waals surface area contributed by atoms with Gasteiger partial charge in [0, 0.05) is 16.1 Å². The van der Waals surface area contributed by atoms with Crippen molar-refractivity contribution in [3.05, 3.63) is 34.1 Å². The fourth-order valence-corrected chi connectivity index (χ4v) is 2.87. The van der Waals surface area contributed by atoms with Crippen LogP contribution in [0.1, 0.15) is 43.7 Å². The van der Waals surface area contributed by atoms with E-state index in [2.05, 4.69) is 21.2 Å². The van der Waals surface area contributed by atoms with Crippen LogP contribution in [0.3, 0.4) is 0 Å². The normalized spacial score (nSPS) is 18.2.